The molecule has 14 heavy (non-hydrogen) atoms. The smallest absolute Gasteiger partial charge is 0.0222 e. The van der Waals surface area contributed by atoms with Crippen LogP contribution in [0.25, 0.3) is 0 Å². The minimum atomic E-state index is 1.21. The van der Waals surface area contributed by atoms with Crippen LogP contribution in [0.4, 0.5) is 0 Å². The van der Waals surface area contributed by atoms with Crippen LogP contribution in [0.1, 0.15) is 51.6 Å². The molecule has 80 valence electrons. The molecule has 0 fully saturated rings. The van der Waals surface area contributed by atoms with Crippen LogP contribution in [0.15, 0.2) is 18.3 Å². The van der Waals surface area contributed by atoms with E-state index < -0.39 is 0 Å². The van der Waals surface area contributed by atoms with Crippen LogP contribution in [-0.2, 0) is 13.0 Å². The lowest BCUT2D eigenvalue weighted by molar-refractivity contribution is 0.579. The lowest BCUT2D eigenvalue weighted by Gasteiger charge is -2.08. The topological polar surface area (TPSA) is 4.93 Å². The highest BCUT2D eigenvalue weighted by Crippen LogP contribution is 2.09. The Bertz CT molecular complexity index is 237. The second kappa shape index (κ2) is 6.69. The average Bonchev–Trinajstić information content (AvgIpc) is 2.63. The first-order valence-electron chi connectivity index (χ1n) is 6.02. The second-order valence-electron chi connectivity index (χ2n) is 4.00. The van der Waals surface area contributed by atoms with Gasteiger partial charge in [0.1, 0.15) is 0 Å². The van der Waals surface area contributed by atoms with Crippen molar-refractivity contribution in [3.63, 3.8) is 0 Å². The molecule has 0 amide bonds. The molecule has 0 atom stereocenters. The third kappa shape index (κ3) is 3.57. The van der Waals surface area contributed by atoms with E-state index in [-0.39, 0.29) is 0 Å². The Morgan fingerprint density at radius 3 is 2.57 bits per heavy atom. The summed E-state index contributed by atoms with van der Waals surface area (Å²) < 4.78 is 2.42. The van der Waals surface area contributed by atoms with Crippen LogP contribution in [0.3, 0.4) is 0 Å². The van der Waals surface area contributed by atoms with Crippen molar-refractivity contribution in [2.45, 2.75) is 58.9 Å². The molecular formula is C13H23N. The number of hydrogen-bond acceptors (Lipinski definition) is 0. The van der Waals surface area contributed by atoms with Gasteiger partial charge < -0.3 is 4.57 Å². The van der Waals surface area contributed by atoms with Crippen molar-refractivity contribution in [3.8, 4) is 0 Å². The normalized spacial score (nSPS) is 10.7. The van der Waals surface area contributed by atoms with Crippen LogP contribution < -0.4 is 0 Å². The molecule has 0 aliphatic rings. The molecule has 0 radical (unpaired) electrons. The van der Waals surface area contributed by atoms with E-state index in [1.165, 1.54) is 50.8 Å². The molecule has 0 saturated carbocycles. The molecule has 0 aliphatic heterocycles. The van der Waals surface area contributed by atoms with Crippen LogP contribution in [-0.4, -0.2) is 4.57 Å². The molecule has 1 aromatic rings. The molecule has 1 nitrogen and oxygen atoms in total. The maximum atomic E-state index is 2.42. The van der Waals surface area contributed by atoms with Crippen LogP contribution in [0, 0.1) is 0 Å². The molecule has 0 saturated heterocycles. The summed E-state index contributed by atoms with van der Waals surface area (Å²) in [6, 6.07) is 4.44. The van der Waals surface area contributed by atoms with Crippen molar-refractivity contribution in [2.75, 3.05) is 0 Å². The number of hydrogen-bond donors (Lipinski definition) is 0. The third-order valence-corrected chi connectivity index (χ3v) is 2.71. The van der Waals surface area contributed by atoms with Gasteiger partial charge in [-0.1, -0.05) is 33.1 Å². The predicted molar refractivity (Wildman–Crippen MR) is 62.6 cm³/mol. The number of rotatable bonds is 7. The van der Waals surface area contributed by atoms with Gasteiger partial charge in [0, 0.05) is 18.4 Å². The molecule has 0 spiro atoms. The minimum absolute atomic E-state index is 1.21. The van der Waals surface area contributed by atoms with Crippen molar-refractivity contribution in [3.05, 3.63) is 24.0 Å². The minimum Gasteiger partial charge on any atom is -0.351 e. The molecule has 0 N–H and O–H groups in total. The standard InChI is InChI=1S/C13H23N/c1-3-5-7-11-14-12-8-10-13(14)9-6-4-2/h8,10,12H,3-7,9,11H2,1-2H3. The summed E-state index contributed by atoms with van der Waals surface area (Å²) in [5.41, 5.74) is 1.52. The van der Waals surface area contributed by atoms with E-state index in [4.69, 9.17) is 0 Å². The van der Waals surface area contributed by atoms with Crippen molar-refractivity contribution in [1.82, 2.24) is 4.57 Å². The van der Waals surface area contributed by atoms with Gasteiger partial charge in [0.25, 0.3) is 0 Å². The fourth-order valence-electron chi connectivity index (χ4n) is 1.78. The van der Waals surface area contributed by atoms with Gasteiger partial charge in [0.2, 0.25) is 0 Å². The summed E-state index contributed by atoms with van der Waals surface area (Å²) >= 11 is 0. The number of aromatic nitrogens is 1. The van der Waals surface area contributed by atoms with E-state index in [1.807, 2.05) is 0 Å². The zero-order chi connectivity index (χ0) is 10.2. The molecule has 1 heteroatoms. The zero-order valence-corrected chi connectivity index (χ0v) is 9.63. The van der Waals surface area contributed by atoms with E-state index in [0.29, 0.717) is 0 Å². The number of aryl methyl sites for hydroxylation is 2. The van der Waals surface area contributed by atoms with E-state index in [0.717, 1.165) is 0 Å². The van der Waals surface area contributed by atoms with E-state index in [2.05, 4.69) is 36.7 Å². The zero-order valence-electron chi connectivity index (χ0n) is 9.63. The molecule has 1 aromatic heterocycles. The van der Waals surface area contributed by atoms with Gasteiger partial charge in [0.05, 0.1) is 0 Å². The van der Waals surface area contributed by atoms with Crippen LogP contribution in [0.5, 0.6) is 0 Å². The van der Waals surface area contributed by atoms with Crippen molar-refractivity contribution < 1.29 is 0 Å². The third-order valence-electron chi connectivity index (χ3n) is 2.71. The molecular weight excluding hydrogens is 170 g/mol. The fourth-order valence-corrected chi connectivity index (χ4v) is 1.78. The second-order valence-corrected chi connectivity index (χ2v) is 4.00. The van der Waals surface area contributed by atoms with E-state index >= 15 is 0 Å². The molecule has 0 aromatic carbocycles. The molecule has 1 rings (SSSR count). The first kappa shape index (κ1) is 11.4. The van der Waals surface area contributed by atoms with Crippen molar-refractivity contribution >= 4 is 0 Å². The maximum absolute atomic E-state index is 2.42. The quantitative estimate of drug-likeness (QED) is 0.576. The van der Waals surface area contributed by atoms with Gasteiger partial charge in [-0.05, 0) is 31.4 Å². The summed E-state index contributed by atoms with van der Waals surface area (Å²) in [6.45, 7) is 5.72. The first-order valence-corrected chi connectivity index (χ1v) is 6.02. The summed E-state index contributed by atoms with van der Waals surface area (Å²) in [4.78, 5) is 0. The Balaban J connectivity index is 2.37. The monoisotopic (exact) mass is 193 g/mol. The summed E-state index contributed by atoms with van der Waals surface area (Å²) in [6.07, 6.45) is 10.1. The number of nitrogens with zero attached hydrogens (tertiary/aromatic N) is 1. The Morgan fingerprint density at radius 1 is 1.07 bits per heavy atom. The average molecular weight is 193 g/mol. The van der Waals surface area contributed by atoms with E-state index in [9.17, 15) is 0 Å². The highest BCUT2D eigenvalue weighted by Gasteiger charge is 1.99. The highest BCUT2D eigenvalue weighted by molar-refractivity contribution is 5.07. The van der Waals surface area contributed by atoms with Gasteiger partial charge in [-0.2, -0.15) is 0 Å². The Labute approximate surface area is 88.1 Å². The largest absolute Gasteiger partial charge is 0.351 e. The predicted octanol–water partition coefficient (Wildman–Crippen LogP) is 4.02. The van der Waals surface area contributed by atoms with Crippen LogP contribution in [0.2, 0.25) is 0 Å². The lowest BCUT2D eigenvalue weighted by Crippen LogP contribution is -2.01. The van der Waals surface area contributed by atoms with Crippen LogP contribution >= 0.6 is 0 Å². The van der Waals surface area contributed by atoms with E-state index in [1.54, 1.807) is 0 Å². The Hall–Kier alpha value is -0.720. The molecule has 0 unspecified atom stereocenters. The SMILES string of the molecule is CCCCCn1cccc1CCCC. The fraction of sp³-hybridized carbons (Fsp3) is 0.692. The molecule has 0 bridgehead atoms. The first-order chi connectivity index (χ1) is 6.88. The Morgan fingerprint density at radius 2 is 1.86 bits per heavy atom. The lowest BCUT2D eigenvalue weighted by atomic mass is 10.2. The highest BCUT2D eigenvalue weighted by atomic mass is 15.0. The van der Waals surface area contributed by atoms with Gasteiger partial charge in [-0.25, -0.2) is 0 Å². The van der Waals surface area contributed by atoms with Crippen molar-refractivity contribution in [1.29, 1.82) is 0 Å². The Kier molecular flexibility index (Phi) is 5.43. The summed E-state index contributed by atoms with van der Waals surface area (Å²) in [5.74, 6) is 0. The molecule has 1 heterocycles. The van der Waals surface area contributed by atoms with Crippen molar-refractivity contribution in [2.24, 2.45) is 0 Å². The maximum Gasteiger partial charge on any atom is 0.0222 e. The number of unbranched alkanes of at least 4 members (excludes halogenated alkanes) is 3. The molecule has 0 aliphatic carbocycles. The van der Waals surface area contributed by atoms with Gasteiger partial charge in [-0.3, -0.25) is 0 Å². The van der Waals surface area contributed by atoms with Gasteiger partial charge in [-0.15, -0.1) is 0 Å². The van der Waals surface area contributed by atoms with Gasteiger partial charge >= 0.3 is 0 Å². The summed E-state index contributed by atoms with van der Waals surface area (Å²) in [7, 11) is 0. The summed E-state index contributed by atoms with van der Waals surface area (Å²) in [5, 5.41) is 0. The van der Waals surface area contributed by atoms with Gasteiger partial charge in [0.15, 0.2) is 0 Å².